The molecule has 0 fully saturated rings. The SMILES string of the molecule is CCCNC(=O)CCNC(=O)Cn1nc(C)c(N)c1C. The number of anilines is 1. The molecule has 0 atom stereocenters. The summed E-state index contributed by atoms with van der Waals surface area (Å²) >= 11 is 0. The lowest BCUT2D eigenvalue weighted by Gasteiger charge is -2.07. The Bertz CT molecular complexity index is 481. The predicted molar refractivity (Wildman–Crippen MR) is 77.0 cm³/mol. The number of aryl methyl sites for hydroxylation is 1. The van der Waals surface area contributed by atoms with Gasteiger partial charge in [0.05, 0.1) is 17.1 Å². The number of nitrogens with one attached hydrogen (secondary N) is 2. The van der Waals surface area contributed by atoms with Crippen molar-refractivity contribution in [3.8, 4) is 0 Å². The molecular formula is C13H23N5O2. The first-order chi connectivity index (χ1) is 9.45. The summed E-state index contributed by atoms with van der Waals surface area (Å²) < 4.78 is 1.57. The third-order valence-corrected chi connectivity index (χ3v) is 2.98. The number of nitrogens with two attached hydrogens (primary N) is 1. The Balaban J connectivity index is 2.33. The van der Waals surface area contributed by atoms with Gasteiger partial charge >= 0.3 is 0 Å². The Kier molecular flexibility index (Phi) is 6.02. The van der Waals surface area contributed by atoms with E-state index in [1.807, 2.05) is 13.8 Å². The van der Waals surface area contributed by atoms with Crippen LogP contribution >= 0.6 is 0 Å². The van der Waals surface area contributed by atoms with Crippen LogP contribution in [0.3, 0.4) is 0 Å². The molecule has 0 aliphatic heterocycles. The Morgan fingerprint density at radius 1 is 1.20 bits per heavy atom. The summed E-state index contributed by atoms with van der Waals surface area (Å²) in [6.07, 6.45) is 1.18. The largest absolute Gasteiger partial charge is 0.396 e. The van der Waals surface area contributed by atoms with Gasteiger partial charge in [0.15, 0.2) is 0 Å². The van der Waals surface area contributed by atoms with Gasteiger partial charge in [0.1, 0.15) is 6.54 Å². The molecule has 1 aromatic heterocycles. The van der Waals surface area contributed by atoms with E-state index in [1.165, 1.54) is 0 Å². The van der Waals surface area contributed by atoms with Crippen LogP contribution in [0.1, 0.15) is 31.2 Å². The zero-order valence-electron chi connectivity index (χ0n) is 12.3. The van der Waals surface area contributed by atoms with Crippen molar-refractivity contribution in [3.05, 3.63) is 11.4 Å². The molecule has 1 aromatic rings. The van der Waals surface area contributed by atoms with Gasteiger partial charge in [0.25, 0.3) is 0 Å². The van der Waals surface area contributed by atoms with Crippen LogP contribution < -0.4 is 16.4 Å². The minimum atomic E-state index is -0.182. The van der Waals surface area contributed by atoms with Crippen LogP contribution in [0.4, 0.5) is 5.69 Å². The van der Waals surface area contributed by atoms with Gasteiger partial charge in [-0.1, -0.05) is 6.92 Å². The first kappa shape index (κ1) is 16.0. The first-order valence-corrected chi connectivity index (χ1v) is 6.78. The van der Waals surface area contributed by atoms with Crippen LogP contribution in [0.5, 0.6) is 0 Å². The number of nitrogen functional groups attached to an aromatic ring is 1. The third kappa shape index (κ3) is 4.56. The van der Waals surface area contributed by atoms with Gasteiger partial charge in [0, 0.05) is 19.5 Å². The number of carbonyl (C=O) groups excluding carboxylic acids is 2. The van der Waals surface area contributed by atoms with Crippen molar-refractivity contribution in [2.24, 2.45) is 0 Å². The standard InChI is InChI=1S/C13H23N5O2/c1-4-6-15-11(19)5-7-16-12(20)8-18-10(3)13(14)9(2)17-18/h4-8,14H2,1-3H3,(H,15,19)(H,16,20). The molecule has 1 rings (SSSR count). The summed E-state index contributed by atoms with van der Waals surface area (Å²) in [5.41, 5.74) is 7.90. The molecule has 0 unspecified atom stereocenters. The van der Waals surface area contributed by atoms with Crippen molar-refractivity contribution in [2.45, 2.75) is 40.2 Å². The van der Waals surface area contributed by atoms with Crippen molar-refractivity contribution >= 4 is 17.5 Å². The molecule has 0 aliphatic rings. The molecule has 0 aliphatic carbocycles. The molecule has 0 aromatic carbocycles. The quantitative estimate of drug-likeness (QED) is 0.660. The van der Waals surface area contributed by atoms with Crippen LogP contribution in [0.2, 0.25) is 0 Å². The predicted octanol–water partition coefficient (Wildman–Crippen LogP) is 0.115. The second kappa shape index (κ2) is 7.52. The number of amides is 2. The molecule has 4 N–H and O–H groups in total. The highest BCUT2D eigenvalue weighted by molar-refractivity contribution is 5.78. The Morgan fingerprint density at radius 2 is 1.85 bits per heavy atom. The van der Waals surface area contributed by atoms with Crippen LogP contribution in [0, 0.1) is 13.8 Å². The number of hydrogen-bond donors (Lipinski definition) is 3. The molecule has 1 heterocycles. The fourth-order valence-electron chi connectivity index (χ4n) is 1.72. The number of hydrogen-bond acceptors (Lipinski definition) is 4. The van der Waals surface area contributed by atoms with Crippen molar-refractivity contribution in [3.63, 3.8) is 0 Å². The van der Waals surface area contributed by atoms with Crippen LogP contribution in [-0.4, -0.2) is 34.7 Å². The van der Waals surface area contributed by atoms with Crippen molar-refractivity contribution < 1.29 is 9.59 Å². The summed E-state index contributed by atoms with van der Waals surface area (Å²) in [5, 5.41) is 9.63. The normalized spacial score (nSPS) is 10.3. The van der Waals surface area contributed by atoms with Gasteiger partial charge in [-0.25, -0.2) is 0 Å². The lowest BCUT2D eigenvalue weighted by Crippen LogP contribution is -2.33. The molecule has 7 nitrogen and oxygen atoms in total. The van der Waals surface area contributed by atoms with E-state index >= 15 is 0 Å². The van der Waals surface area contributed by atoms with Gasteiger partial charge in [-0.2, -0.15) is 5.10 Å². The lowest BCUT2D eigenvalue weighted by atomic mass is 10.3. The van der Waals surface area contributed by atoms with E-state index < -0.39 is 0 Å². The van der Waals surface area contributed by atoms with Gasteiger partial charge < -0.3 is 16.4 Å². The highest BCUT2D eigenvalue weighted by Crippen LogP contribution is 2.14. The summed E-state index contributed by atoms with van der Waals surface area (Å²) in [5.74, 6) is -0.235. The number of nitrogens with zero attached hydrogens (tertiary/aromatic N) is 2. The summed E-state index contributed by atoms with van der Waals surface area (Å²) in [6.45, 7) is 6.71. The average molecular weight is 281 g/mol. The molecule has 7 heteroatoms. The van der Waals surface area contributed by atoms with E-state index in [-0.39, 0.29) is 24.8 Å². The second-order valence-corrected chi connectivity index (χ2v) is 4.69. The van der Waals surface area contributed by atoms with E-state index in [1.54, 1.807) is 11.6 Å². The minimum absolute atomic E-state index is 0.0532. The van der Waals surface area contributed by atoms with Gasteiger partial charge in [-0.05, 0) is 20.3 Å². The summed E-state index contributed by atoms with van der Waals surface area (Å²) in [7, 11) is 0. The van der Waals surface area contributed by atoms with E-state index in [0.29, 0.717) is 24.5 Å². The molecular weight excluding hydrogens is 258 g/mol. The molecule has 0 bridgehead atoms. The topological polar surface area (TPSA) is 102 Å². The summed E-state index contributed by atoms with van der Waals surface area (Å²) in [4.78, 5) is 23.1. The van der Waals surface area contributed by atoms with Gasteiger partial charge in [-0.15, -0.1) is 0 Å². The third-order valence-electron chi connectivity index (χ3n) is 2.98. The maximum absolute atomic E-state index is 11.7. The molecule has 20 heavy (non-hydrogen) atoms. The highest BCUT2D eigenvalue weighted by Gasteiger charge is 2.11. The average Bonchev–Trinajstić information content (AvgIpc) is 2.64. The number of aromatic nitrogens is 2. The summed E-state index contributed by atoms with van der Waals surface area (Å²) in [6, 6.07) is 0. The van der Waals surface area contributed by atoms with Gasteiger partial charge in [0.2, 0.25) is 11.8 Å². The minimum Gasteiger partial charge on any atom is -0.396 e. The Morgan fingerprint density at radius 3 is 2.40 bits per heavy atom. The maximum Gasteiger partial charge on any atom is 0.241 e. The van der Waals surface area contributed by atoms with E-state index in [0.717, 1.165) is 12.1 Å². The molecule has 2 amide bonds. The molecule has 0 radical (unpaired) electrons. The molecule has 0 saturated heterocycles. The zero-order valence-corrected chi connectivity index (χ0v) is 12.3. The first-order valence-electron chi connectivity index (χ1n) is 6.78. The van der Waals surface area contributed by atoms with Gasteiger partial charge in [-0.3, -0.25) is 14.3 Å². The van der Waals surface area contributed by atoms with E-state index in [4.69, 9.17) is 5.73 Å². The fraction of sp³-hybridized carbons (Fsp3) is 0.615. The Labute approximate surface area is 118 Å². The van der Waals surface area contributed by atoms with Crippen molar-refractivity contribution in [1.82, 2.24) is 20.4 Å². The number of rotatable bonds is 7. The smallest absolute Gasteiger partial charge is 0.241 e. The maximum atomic E-state index is 11.7. The van der Waals surface area contributed by atoms with Crippen molar-refractivity contribution in [1.29, 1.82) is 0 Å². The van der Waals surface area contributed by atoms with Crippen LogP contribution in [0.15, 0.2) is 0 Å². The molecule has 0 saturated carbocycles. The van der Waals surface area contributed by atoms with Crippen molar-refractivity contribution in [2.75, 3.05) is 18.8 Å². The monoisotopic (exact) mass is 281 g/mol. The van der Waals surface area contributed by atoms with E-state index in [9.17, 15) is 9.59 Å². The number of carbonyl (C=O) groups is 2. The second-order valence-electron chi connectivity index (χ2n) is 4.69. The Hall–Kier alpha value is -2.05. The lowest BCUT2D eigenvalue weighted by molar-refractivity contribution is -0.122. The van der Waals surface area contributed by atoms with E-state index in [2.05, 4.69) is 15.7 Å². The van der Waals surface area contributed by atoms with Crippen LogP contribution in [-0.2, 0) is 16.1 Å². The fourth-order valence-corrected chi connectivity index (χ4v) is 1.72. The molecule has 0 spiro atoms. The van der Waals surface area contributed by atoms with Crippen LogP contribution in [0.25, 0.3) is 0 Å². The molecule has 112 valence electrons. The zero-order chi connectivity index (χ0) is 15.1. The highest BCUT2D eigenvalue weighted by atomic mass is 16.2.